The van der Waals surface area contributed by atoms with Gasteiger partial charge in [-0.15, -0.1) is 0 Å². The van der Waals surface area contributed by atoms with E-state index in [1.165, 1.54) is 35.4 Å². The summed E-state index contributed by atoms with van der Waals surface area (Å²) in [5.41, 5.74) is 1.09. The number of hydrogen-bond acceptors (Lipinski definition) is 8. The molecular formula is C17H17ClFN5O4. The molecule has 4 N–H and O–H groups in total. The zero-order valence-corrected chi connectivity index (χ0v) is 15.2. The first kappa shape index (κ1) is 19.0. The number of ether oxygens (including phenoxy) is 1. The van der Waals surface area contributed by atoms with Crippen LogP contribution in [-0.2, 0) is 11.3 Å². The molecule has 1 fully saturated rings. The van der Waals surface area contributed by atoms with Crippen LogP contribution in [0.4, 0.5) is 10.2 Å². The van der Waals surface area contributed by atoms with Gasteiger partial charge in [0.1, 0.15) is 30.5 Å². The first-order valence-electron chi connectivity index (χ1n) is 8.47. The Hall–Kier alpha value is -2.37. The molecule has 148 valence electrons. The average Bonchev–Trinajstić information content (AvgIpc) is 3.24. The zero-order valence-electron chi connectivity index (χ0n) is 14.4. The van der Waals surface area contributed by atoms with Crippen LogP contribution in [-0.4, -0.2) is 59.8 Å². The first-order chi connectivity index (χ1) is 13.5. The molecule has 0 saturated carbocycles. The minimum absolute atomic E-state index is 0.124. The van der Waals surface area contributed by atoms with Crippen molar-refractivity contribution in [2.45, 2.75) is 31.1 Å². The summed E-state index contributed by atoms with van der Waals surface area (Å²) < 4.78 is 20.9. The fourth-order valence-electron chi connectivity index (χ4n) is 3.14. The molecular weight excluding hydrogens is 393 g/mol. The van der Waals surface area contributed by atoms with Crippen LogP contribution in [0.15, 0.2) is 30.9 Å². The van der Waals surface area contributed by atoms with E-state index < -0.39 is 37.0 Å². The molecule has 1 saturated heterocycles. The zero-order chi connectivity index (χ0) is 19.8. The summed E-state index contributed by atoms with van der Waals surface area (Å²) in [5.74, 6) is -0.0471. The number of nitrogens with zero attached hydrogens (tertiary/aromatic N) is 4. The van der Waals surface area contributed by atoms with Crippen LogP contribution in [0.5, 0.6) is 0 Å². The third-order valence-corrected chi connectivity index (χ3v) is 4.84. The van der Waals surface area contributed by atoms with Gasteiger partial charge in [-0.05, 0) is 18.2 Å². The second-order valence-corrected chi connectivity index (χ2v) is 6.80. The highest BCUT2D eigenvalue weighted by Crippen LogP contribution is 2.32. The number of fused-ring (bicyclic) bond motifs is 1. The van der Waals surface area contributed by atoms with Gasteiger partial charge in [0.15, 0.2) is 23.2 Å². The quantitative estimate of drug-likeness (QED) is 0.488. The molecule has 0 bridgehead atoms. The van der Waals surface area contributed by atoms with E-state index in [4.69, 9.17) is 16.3 Å². The van der Waals surface area contributed by atoms with Crippen molar-refractivity contribution in [3.8, 4) is 0 Å². The molecule has 2 aromatic heterocycles. The lowest BCUT2D eigenvalue weighted by Crippen LogP contribution is -2.33. The standard InChI is InChI=1S/C17H17ClFN5O4/c18-9-1-2-10(19)8(3-9)4-20-15-12-16(22-6-21-15)24(7-23-12)17-14(27)13(26)11(5-25)28-17/h1-3,6-7,11,13-14,17,25-27H,4-5H2,(H,20,21,22)/t11-,13-,14-,17?/m1/s1. The lowest BCUT2D eigenvalue weighted by molar-refractivity contribution is -0.0511. The molecule has 1 aromatic carbocycles. The molecule has 11 heteroatoms. The van der Waals surface area contributed by atoms with Gasteiger partial charge >= 0.3 is 0 Å². The van der Waals surface area contributed by atoms with E-state index in [2.05, 4.69) is 20.3 Å². The summed E-state index contributed by atoms with van der Waals surface area (Å²) in [6.07, 6.45) is -1.70. The minimum atomic E-state index is -1.26. The molecule has 28 heavy (non-hydrogen) atoms. The van der Waals surface area contributed by atoms with Crippen molar-refractivity contribution >= 4 is 28.6 Å². The van der Waals surface area contributed by atoms with Gasteiger partial charge in [-0.25, -0.2) is 19.3 Å². The second kappa shape index (κ2) is 7.57. The Morgan fingerprint density at radius 2 is 2.04 bits per heavy atom. The predicted octanol–water partition coefficient (Wildman–Crippen LogP) is 0.842. The van der Waals surface area contributed by atoms with Crippen LogP contribution in [0.2, 0.25) is 5.02 Å². The fraction of sp³-hybridized carbons (Fsp3) is 0.353. The number of anilines is 1. The van der Waals surface area contributed by atoms with E-state index in [0.29, 0.717) is 27.6 Å². The average molecular weight is 410 g/mol. The molecule has 1 aliphatic heterocycles. The normalized spacial score (nSPS) is 24.8. The summed E-state index contributed by atoms with van der Waals surface area (Å²) in [6, 6.07) is 4.26. The van der Waals surface area contributed by atoms with Crippen LogP contribution < -0.4 is 5.32 Å². The highest BCUT2D eigenvalue weighted by Gasteiger charge is 2.44. The summed E-state index contributed by atoms with van der Waals surface area (Å²) in [7, 11) is 0. The third kappa shape index (κ3) is 3.29. The van der Waals surface area contributed by atoms with Crippen molar-refractivity contribution in [3.63, 3.8) is 0 Å². The van der Waals surface area contributed by atoms with Crippen LogP contribution >= 0.6 is 11.6 Å². The van der Waals surface area contributed by atoms with Crippen LogP contribution in [0.1, 0.15) is 11.8 Å². The molecule has 3 aromatic rings. The third-order valence-electron chi connectivity index (χ3n) is 4.60. The first-order valence-corrected chi connectivity index (χ1v) is 8.85. The van der Waals surface area contributed by atoms with E-state index in [0.717, 1.165) is 0 Å². The molecule has 0 radical (unpaired) electrons. The number of benzene rings is 1. The Labute approximate surface area is 163 Å². The van der Waals surface area contributed by atoms with E-state index in [1.54, 1.807) is 0 Å². The Kier molecular flexibility index (Phi) is 5.13. The smallest absolute Gasteiger partial charge is 0.167 e. The number of aliphatic hydroxyl groups excluding tert-OH is 3. The van der Waals surface area contributed by atoms with Crippen LogP contribution in [0.3, 0.4) is 0 Å². The van der Waals surface area contributed by atoms with Gasteiger partial charge in [0.05, 0.1) is 12.9 Å². The summed E-state index contributed by atoms with van der Waals surface area (Å²) in [6.45, 7) is -0.312. The van der Waals surface area contributed by atoms with Crippen molar-refractivity contribution < 1.29 is 24.4 Å². The summed E-state index contributed by atoms with van der Waals surface area (Å²) in [5, 5.41) is 32.8. The van der Waals surface area contributed by atoms with E-state index in [1.807, 2.05) is 0 Å². The summed E-state index contributed by atoms with van der Waals surface area (Å²) >= 11 is 5.91. The fourth-order valence-corrected chi connectivity index (χ4v) is 3.33. The number of hydrogen-bond donors (Lipinski definition) is 4. The van der Waals surface area contributed by atoms with Crippen LogP contribution in [0.25, 0.3) is 11.2 Å². The van der Waals surface area contributed by atoms with Gasteiger partial charge in [0.25, 0.3) is 0 Å². The SMILES string of the molecule is OC[C@H]1OC(n2cnc3c(NCc4cc(Cl)ccc4F)ncnc32)[C@H](O)[C@@H]1O. The Morgan fingerprint density at radius 3 is 2.79 bits per heavy atom. The predicted molar refractivity (Wildman–Crippen MR) is 97.1 cm³/mol. The maximum atomic E-state index is 13.9. The van der Waals surface area contributed by atoms with Crippen LogP contribution in [0, 0.1) is 5.82 Å². The van der Waals surface area contributed by atoms with E-state index in [9.17, 15) is 19.7 Å². The molecule has 0 spiro atoms. The van der Waals surface area contributed by atoms with E-state index in [-0.39, 0.29) is 6.54 Å². The van der Waals surface area contributed by atoms with Crippen molar-refractivity contribution in [1.82, 2.24) is 19.5 Å². The highest BCUT2D eigenvalue weighted by molar-refractivity contribution is 6.30. The molecule has 4 atom stereocenters. The van der Waals surface area contributed by atoms with Crippen molar-refractivity contribution in [2.75, 3.05) is 11.9 Å². The van der Waals surface area contributed by atoms with Gasteiger partial charge in [-0.2, -0.15) is 0 Å². The lowest BCUT2D eigenvalue weighted by Gasteiger charge is -2.16. The molecule has 1 aliphatic rings. The molecule has 3 heterocycles. The van der Waals surface area contributed by atoms with Gasteiger partial charge in [0, 0.05) is 17.1 Å². The van der Waals surface area contributed by atoms with Crippen molar-refractivity contribution in [3.05, 3.63) is 47.3 Å². The maximum absolute atomic E-state index is 13.9. The summed E-state index contributed by atoms with van der Waals surface area (Å²) in [4.78, 5) is 12.5. The molecule has 0 aliphatic carbocycles. The largest absolute Gasteiger partial charge is 0.394 e. The van der Waals surface area contributed by atoms with Gasteiger partial charge in [0.2, 0.25) is 0 Å². The number of imidazole rings is 1. The number of nitrogens with one attached hydrogen (secondary N) is 1. The highest BCUT2D eigenvalue weighted by atomic mass is 35.5. The monoisotopic (exact) mass is 409 g/mol. The molecule has 9 nitrogen and oxygen atoms in total. The molecule has 4 rings (SSSR count). The number of aromatic nitrogens is 4. The maximum Gasteiger partial charge on any atom is 0.167 e. The Balaban J connectivity index is 1.61. The van der Waals surface area contributed by atoms with Crippen molar-refractivity contribution in [2.24, 2.45) is 0 Å². The Morgan fingerprint density at radius 1 is 1.21 bits per heavy atom. The number of rotatable bonds is 5. The van der Waals surface area contributed by atoms with E-state index >= 15 is 0 Å². The number of aliphatic hydroxyl groups is 3. The molecule has 1 unspecified atom stereocenters. The van der Waals surface area contributed by atoms with Gasteiger partial charge in [-0.1, -0.05) is 11.6 Å². The van der Waals surface area contributed by atoms with Gasteiger partial charge in [-0.3, -0.25) is 4.57 Å². The molecule has 0 amide bonds. The lowest BCUT2D eigenvalue weighted by atomic mass is 10.1. The Bertz CT molecular complexity index is 1000. The van der Waals surface area contributed by atoms with Gasteiger partial charge < -0.3 is 25.4 Å². The second-order valence-electron chi connectivity index (χ2n) is 6.36. The number of halogens is 2. The minimum Gasteiger partial charge on any atom is -0.394 e. The van der Waals surface area contributed by atoms with Crippen molar-refractivity contribution in [1.29, 1.82) is 0 Å². The topological polar surface area (TPSA) is 126 Å².